The Morgan fingerprint density at radius 2 is 1.96 bits per heavy atom. The standard InChI is InChI=1S/C21H15BrO3S/c1-13-8-9-26-20(13)11-19-21(23)17-7-6-16(10-18(17)25-19)24-12-14-2-4-15(22)5-3-14/h2-11H,12H2,1H3. The van der Waals surface area contributed by atoms with Crippen LogP contribution in [-0.2, 0) is 6.61 Å². The van der Waals surface area contributed by atoms with Crippen LogP contribution >= 0.6 is 27.3 Å². The normalized spacial score (nSPS) is 14.4. The number of benzene rings is 2. The number of fused-ring (bicyclic) bond motifs is 1. The first-order chi connectivity index (χ1) is 12.6. The van der Waals surface area contributed by atoms with Gasteiger partial charge in [-0.25, -0.2) is 0 Å². The van der Waals surface area contributed by atoms with Gasteiger partial charge >= 0.3 is 0 Å². The smallest absolute Gasteiger partial charge is 0.232 e. The van der Waals surface area contributed by atoms with Gasteiger partial charge in [-0.2, -0.15) is 0 Å². The highest BCUT2D eigenvalue weighted by molar-refractivity contribution is 9.10. The molecular formula is C21H15BrO3S. The molecule has 2 aromatic carbocycles. The van der Waals surface area contributed by atoms with Gasteiger partial charge in [0.05, 0.1) is 5.56 Å². The van der Waals surface area contributed by atoms with E-state index in [9.17, 15) is 4.79 Å². The predicted octanol–water partition coefficient (Wildman–Crippen LogP) is 6.01. The lowest BCUT2D eigenvalue weighted by molar-refractivity contribution is 0.101. The summed E-state index contributed by atoms with van der Waals surface area (Å²) in [5.74, 6) is 1.49. The molecule has 2 heterocycles. The van der Waals surface area contributed by atoms with Crippen molar-refractivity contribution in [2.75, 3.05) is 0 Å². The third-order valence-corrected chi connectivity index (χ3v) is 5.62. The largest absolute Gasteiger partial charge is 0.489 e. The summed E-state index contributed by atoms with van der Waals surface area (Å²) in [6.07, 6.45) is 1.81. The zero-order valence-electron chi connectivity index (χ0n) is 14.0. The van der Waals surface area contributed by atoms with Crippen molar-refractivity contribution in [1.82, 2.24) is 0 Å². The molecule has 0 unspecified atom stereocenters. The van der Waals surface area contributed by atoms with Crippen molar-refractivity contribution in [3.05, 3.63) is 85.7 Å². The molecule has 0 bridgehead atoms. The molecule has 5 heteroatoms. The van der Waals surface area contributed by atoms with Crippen LogP contribution in [0.1, 0.15) is 26.4 Å². The molecule has 1 aliphatic heterocycles. The van der Waals surface area contributed by atoms with Gasteiger partial charge in [0.15, 0.2) is 5.76 Å². The second-order valence-electron chi connectivity index (χ2n) is 5.98. The van der Waals surface area contributed by atoms with Gasteiger partial charge in [-0.15, -0.1) is 11.3 Å². The van der Waals surface area contributed by atoms with E-state index in [4.69, 9.17) is 9.47 Å². The Bertz CT molecular complexity index is 1000. The van der Waals surface area contributed by atoms with Crippen molar-refractivity contribution in [2.45, 2.75) is 13.5 Å². The van der Waals surface area contributed by atoms with E-state index in [2.05, 4.69) is 15.9 Å². The molecular weight excluding hydrogens is 412 g/mol. The van der Waals surface area contributed by atoms with Crippen LogP contribution in [0.5, 0.6) is 11.5 Å². The average molecular weight is 427 g/mol. The van der Waals surface area contributed by atoms with E-state index < -0.39 is 0 Å². The molecule has 0 amide bonds. The number of carbonyl (C=O) groups is 1. The molecule has 0 spiro atoms. The Morgan fingerprint density at radius 1 is 1.15 bits per heavy atom. The Morgan fingerprint density at radius 3 is 2.69 bits per heavy atom. The van der Waals surface area contributed by atoms with Crippen LogP contribution in [0.4, 0.5) is 0 Å². The highest BCUT2D eigenvalue weighted by Gasteiger charge is 2.28. The van der Waals surface area contributed by atoms with Gasteiger partial charge in [0.1, 0.15) is 18.1 Å². The SMILES string of the molecule is Cc1ccsc1C=C1Oc2cc(OCc3ccc(Br)cc3)ccc2C1=O. The molecule has 0 radical (unpaired) electrons. The third-order valence-electron chi connectivity index (χ3n) is 4.12. The van der Waals surface area contributed by atoms with Gasteiger partial charge in [0, 0.05) is 21.5 Å². The fourth-order valence-corrected chi connectivity index (χ4v) is 3.77. The number of allylic oxidation sites excluding steroid dienone is 1. The van der Waals surface area contributed by atoms with Crippen LogP contribution in [0.2, 0.25) is 0 Å². The summed E-state index contributed by atoms with van der Waals surface area (Å²) in [6, 6.07) is 15.3. The maximum Gasteiger partial charge on any atom is 0.232 e. The minimum Gasteiger partial charge on any atom is -0.489 e. The number of carbonyl (C=O) groups excluding carboxylic acids is 1. The summed E-state index contributed by atoms with van der Waals surface area (Å²) in [4.78, 5) is 13.6. The fraction of sp³-hybridized carbons (Fsp3) is 0.0952. The van der Waals surface area contributed by atoms with E-state index >= 15 is 0 Å². The van der Waals surface area contributed by atoms with Crippen molar-refractivity contribution in [1.29, 1.82) is 0 Å². The third kappa shape index (κ3) is 3.45. The van der Waals surface area contributed by atoms with Gasteiger partial charge in [0.2, 0.25) is 5.78 Å². The molecule has 130 valence electrons. The molecule has 0 saturated heterocycles. The minimum atomic E-state index is -0.0905. The quantitative estimate of drug-likeness (QED) is 0.478. The molecule has 4 rings (SSSR count). The number of ketones is 1. The summed E-state index contributed by atoms with van der Waals surface area (Å²) in [7, 11) is 0. The second kappa shape index (κ2) is 7.09. The highest BCUT2D eigenvalue weighted by atomic mass is 79.9. The summed E-state index contributed by atoms with van der Waals surface area (Å²) >= 11 is 5.01. The Kier molecular flexibility index (Phi) is 4.66. The van der Waals surface area contributed by atoms with E-state index in [0.717, 1.165) is 20.5 Å². The van der Waals surface area contributed by atoms with Crippen molar-refractivity contribution >= 4 is 39.1 Å². The van der Waals surface area contributed by atoms with Gasteiger partial charge in [-0.05, 0) is 53.8 Å². The zero-order valence-corrected chi connectivity index (χ0v) is 16.4. The van der Waals surface area contributed by atoms with Crippen molar-refractivity contribution < 1.29 is 14.3 Å². The number of hydrogen-bond donors (Lipinski definition) is 0. The van der Waals surface area contributed by atoms with E-state index in [1.54, 1.807) is 29.5 Å². The average Bonchev–Trinajstić information content (AvgIpc) is 3.18. The fourth-order valence-electron chi connectivity index (χ4n) is 2.66. The van der Waals surface area contributed by atoms with Crippen molar-refractivity contribution in [2.24, 2.45) is 0 Å². The van der Waals surface area contributed by atoms with Crippen molar-refractivity contribution in [3.63, 3.8) is 0 Å². The molecule has 0 atom stereocenters. The molecule has 3 aromatic rings. The van der Waals surface area contributed by atoms with Gasteiger partial charge in [-0.3, -0.25) is 4.79 Å². The monoisotopic (exact) mass is 426 g/mol. The van der Waals surface area contributed by atoms with Crippen LogP contribution in [0.3, 0.4) is 0 Å². The maximum absolute atomic E-state index is 12.5. The second-order valence-corrected chi connectivity index (χ2v) is 7.84. The van der Waals surface area contributed by atoms with Crippen LogP contribution in [0.25, 0.3) is 6.08 Å². The van der Waals surface area contributed by atoms with E-state index in [1.165, 1.54) is 0 Å². The van der Waals surface area contributed by atoms with Crippen molar-refractivity contribution in [3.8, 4) is 11.5 Å². The van der Waals surface area contributed by atoms with E-state index in [-0.39, 0.29) is 5.78 Å². The van der Waals surface area contributed by atoms with Crippen LogP contribution in [-0.4, -0.2) is 5.78 Å². The zero-order chi connectivity index (χ0) is 18.1. The lowest BCUT2D eigenvalue weighted by atomic mass is 10.1. The Hall–Kier alpha value is -2.37. The molecule has 0 N–H and O–H groups in total. The molecule has 1 aliphatic rings. The maximum atomic E-state index is 12.5. The Balaban J connectivity index is 1.51. The van der Waals surface area contributed by atoms with Gasteiger partial charge in [0.25, 0.3) is 0 Å². The lowest BCUT2D eigenvalue weighted by Gasteiger charge is -2.07. The summed E-state index contributed by atoms with van der Waals surface area (Å²) in [5, 5.41) is 2.00. The van der Waals surface area contributed by atoms with Gasteiger partial charge < -0.3 is 9.47 Å². The summed E-state index contributed by atoms with van der Waals surface area (Å²) in [6.45, 7) is 2.47. The van der Waals surface area contributed by atoms with E-state index in [1.807, 2.05) is 48.7 Å². The van der Waals surface area contributed by atoms with Crippen LogP contribution in [0, 0.1) is 6.92 Å². The van der Waals surface area contributed by atoms with Crippen LogP contribution in [0.15, 0.2) is 64.1 Å². The number of hydrogen-bond acceptors (Lipinski definition) is 4. The predicted molar refractivity (Wildman–Crippen MR) is 107 cm³/mol. The topological polar surface area (TPSA) is 35.5 Å². The first-order valence-corrected chi connectivity index (χ1v) is 9.77. The number of aryl methyl sites for hydroxylation is 1. The number of Topliss-reactive ketones (excluding diaryl/α,β-unsaturated/α-hetero) is 1. The summed E-state index contributed by atoms with van der Waals surface area (Å²) in [5.41, 5.74) is 2.77. The molecule has 26 heavy (non-hydrogen) atoms. The highest BCUT2D eigenvalue weighted by Crippen LogP contribution is 2.35. The number of halogens is 1. The first kappa shape index (κ1) is 17.1. The Labute approximate surface area is 164 Å². The molecule has 0 fully saturated rings. The number of ether oxygens (including phenoxy) is 2. The molecule has 3 nitrogen and oxygen atoms in total. The number of thiophene rings is 1. The first-order valence-electron chi connectivity index (χ1n) is 8.10. The molecule has 1 aromatic heterocycles. The lowest BCUT2D eigenvalue weighted by Crippen LogP contribution is -1.97. The molecule has 0 aliphatic carbocycles. The van der Waals surface area contributed by atoms with E-state index in [0.29, 0.717) is 29.4 Å². The van der Waals surface area contributed by atoms with Crippen LogP contribution < -0.4 is 9.47 Å². The number of rotatable bonds is 4. The van der Waals surface area contributed by atoms with Gasteiger partial charge in [-0.1, -0.05) is 28.1 Å². The molecule has 0 saturated carbocycles. The summed E-state index contributed by atoms with van der Waals surface area (Å²) < 4.78 is 12.6. The minimum absolute atomic E-state index is 0.0905.